The number of nitrogens with zero attached hydrogens (tertiary/aromatic N) is 4. The smallest absolute Gasteiger partial charge is 0.251 e. The standard InChI is InChI=1S/C20H21N5O3S/c1-14-9-17-10-16(4-5-18(17)25(14)29(2,27)28)20(26)23-12-15-3-6-19(22-11-15)24-8-7-21-13-24/h3-8,10-11,13-14H,9,12H2,1-2H3,(H,23,26). The second kappa shape index (κ2) is 7.32. The van der Waals surface area contributed by atoms with Crippen molar-refractivity contribution in [2.24, 2.45) is 0 Å². The van der Waals surface area contributed by atoms with Gasteiger partial charge in [-0.2, -0.15) is 0 Å². The number of pyridine rings is 1. The minimum Gasteiger partial charge on any atom is -0.348 e. The highest BCUT2D eigenvalue weighted by atomic mass is 32.2. The van der Waals surface area contributed by atoms with E-state index < -0.39 is 10.0 Å². The van der Waals surface area contributed by atoms with Crippen LogP contribution < -0.4 is 9.62 Å². The number of benzene rings is 1. The van der Waals surface area contributed by atoms with Crippen LogP contribution in [0, 0.1) is 0 Å². The lowest BCUT2D eigenvalue weighted by Crippen LogP contribution is -2.34. The lowest BCUT2D eigenvalue weighted by atomic mass is 10.1. The number of aromatic nitrogens is 3. The Morgan fingerprint density at radius 2 is 2.10 bits per heavy atom. The maximum absolute atomic E-state index is 12.6. The molecule has 0 fully saturated rings. The highest BCUT2D eigenvalue weighted by Gasteiger charge is 2.32. The van der Waals surface area contributed by atoms with E-state index in [1.165, 1.54) is 10.6 Å². The molecule has 1 aliphatic heterocycles. The molecule has 0 aliphatic carbocycles. The van der Waals surface area contributed by atoms with Gasteiger partial charge in [-0.05, 0) is 48.7 Å². The summed E-state index contributed by atoms with van der Waals surface area (Å²) in [6, 6.07) is 8.74. The van der Waals surface area contributed by atoms with Crippen LogP contribution in [0.1, 0.15) is 28.4 Å². The Bertz CT molecular complexity index is 1140. The summed E-state index contributed by atoms with van der Waals surface area (Å²) in [5, 5.41) is 2.88. The number of hydrogen-bond donors (Lipinski definition) is 1. The summed E-state index contributed by atoms with van der Waals surface area (Å²) < 4.78 is 27.3. The number of sulfonamides is 1. The van der Waals surface area contributed by atoms with Gasteiger partial charge in [0.25, 0.3) is 5.91 Å². The monoisotopic (exact) mass is 411 g/mol. The van der Waals surface area contributed by atoms with E-state index in [4.69, 9.17) is 0 Å². The molecule has 8 nitrogen and oxygen atoms in total. The number of carbonyl (C=O) groups excluding carboxylic acids is 1. The molecule has 1 amide bonds. The summed E-state index contributed by atoms with van der Waals surface area (Å²) in [6.45, 7) is 2.21. The number of anilines is 1. The highest BCUT2D eigenvalue weighted by molar-refractivity contribution is 7.92. The van der Waals surface area contributed by atoms with E-state index in [9.17, 15) is 13.2 Å². The fraction of sp³-hybridized carbons (Fsp3) is 0.250. The molecule has 150 valence electrons. The summed E-state index contributed by atoms with van der Waals surface area (Å²) in [5.41, 5.74) is 2.90. The summed E-state index contributed by atoms with van der Waals surface area (Å²) in [5.74, 6) is 0.540. The molecular formula is C20H21N5O3S. The Kier molecular flexibility index (Phi) is 4.83. The van der Waals surface area contributed by atoms with Crippen LogP contribution in [0.4, 0.5) is 5.69 Å². The fourth-order valence-corrected chi connectivity index (χ4v) is 4.87. The second-order valence-corrected chi connectivity index (χ2v) is 8.99. The maximum atomic E-state index is 12.6. The molecule has 1 unspecified atom stereocenters. The van der Waals surface area contributed by atoms with Crippen LogP contribution in [-0.4, -0.2) is 41.2 Å². The molecule has 1 aromatic carbocycles. The molecule has 2 aromatic heterocycles. The van der Waals surface area contributed by atoms with Crippen molar-refractivity contribution < 1.29 is 13.2 Å². The first-order valence-electron chi connectivity index (χ1n) is 9.17. The molecule has 9 heteroatoms. The van der Waals surface area contributed by atoms with E-state index in [2.05, 4.69) is 15.3 Å². The zero-order chi connectivity index (χ0) is 20.6. The summed E-state index contributed by atoms with van der Waals surface area (Å²) in [7, 11) is -3.34. The van der Waals surface area contributed by atoms with Crippen molar-refractivity contribution in [2.45, 2.75) is 25.9 Å². The lowest BCUT2D eigenvalue weighted by Gasteiger charge is -2.21. The molecule has 0 spiro atoms. The van der Waals surface area contributed by atoms with Gasteiger partial charge in [-0.15, -0.1) is 0 Å². The quantitative estimate of drug-likeness (QED) is 0.692. The first-order chi connectivity index (χ1) is 13.8. The van der Waals surface area contributed by atoms with Crippen molar-refractivity contribution in [3.8, 4) is 5.82 Å². The minimum atomic E-state index is -3.34. The third-order valence-corrected chi connectivity index (χ3v) is 6.15. The van der Waals surface area contributed by atoms with E-state index >= 15 is 0 Å². The normalized spacial score (nSPS) is 15.9. The number of rotatable bonds is 5. The molecule has 0 saturated heterocycles. The summed E-state index contributed by atoms with van der Waals surface area (Å²) in [4.78, 5) is 20.9. The third-order valence-electron chi connectivity index (χ3n) is 4.88. The number of fused-ring (bicyclic) bond motifs is 1. The van der Waals surface area contributed by atoms with E-state index in [-0.39, 0.29) is 11.9 Å². The Labute approximate surface area is 169 Å². The van der Waals surface area contributed by atoms with Crippen molar-refractivity contribution in [3.05, 3.63) is 71.9 Å². The maximum Gasteiger partial charge on any atom is 0.251 e. The molecule has 1 N–H and O–H groups in total. The predicted octanol–water partition coefficient (Wildman–Crippen LogP) is 1.91. The van der Waals surface area contributed by atoms with Gasteiger partial charge >= 0.3 is 0 Å². The van der Waals surface area contributed by atoms with E-state index in [1.54, 1.807) is 41.5 Å². The van der Waals surface area contributed by atoms with Crippen LogP contribution in [0.15, 0.2) is 55.2 Å². The van der Waals surface area contributed by atoms with Crippen LogP contribution in [0.2, 0.25) is 0 Å². The van der Waals surface area contributed by atoms with Crippen LogP contribution in [0.5, 0.6) is 0 Å². The number of carbonyl (C=O) groups is 1. The van der Waals surface area contributed by atoms with Crippen molar-refractivity contribution >= 4 is 21.6 Å². The van der Waals surface area contributed by atoms with Crippen LogP contribution in [0.3, 0.4) is 0 Å². The van der Waals surface area contributed by atoms with Crippen molar-refractivity contribution in [2.75, 3.05) is 10.6 Å². The molecule has 1 atom stereocenters. The Hall–Kier alpha value is -3.20. The molecule has 0 radical (unpaired) electrons. The molecule has 3 aromatic rings. The summed E-state index contributed by atoms with van der Waals surface area (Å²) in [6.07, 6.45) is 8.66. The van der Waals surface area contributed by atoms with Crippen molar-refractivity contribution in [3.63, 3.8) is 0 Å². The Morgan fingerprint density at radius 1 is 1.28 bits per heavy atom. The average Bonchev–Trinajstić information content (AvgIpc) is 3.32. The molecule has 0 bridgehead atoms. The van der Waals surface area contributed by atoms with Crippen LogP contribution >= 0.6 is 0 Å². The van der Waals surface area contributed by atoms with E-state index in [1.807, 2.05) is 25.3 Å². The lowest BCUT2D eigenvalue weighted by molar-refractivity contribution is 0.0951. The predicted molar refractivity (Wildman–Crippen MR) is 109 cm³/mol. The van der Waals surface area contributed by atoms with Gasteiger partial charge in [-0.1, -0.05) is 6.07 Å². The molecule has 0 saturated carbocycles. The van der Waals surface area contributed by atoms with Gasteiger partial charge in [0.05, 0.1) is 11.9 Å². The van der Waals surface area contributed by atoms with Gasteiger partial charge in [0.1, 0.15) is 12.1 Å². The second-order valence-electron chi connectivity index (χ2n) is 7.13. The molecule has 29 heavy (non-hydrogen) atoms. The zero-order valence-corrected chi connectivity index (χ0v) is 16.9. The van der Waals surface area contributed by atoms with Gasteiger partial charge < -0.3 is 5.32 Å². The molecule has 4 rings (SSSR count). The number of imidazole rings is 1. The number of hydrogen-bond acceptors (Lipinski definition) is 5. The van der Waals surface area contributed by atoms with E-state index in [0.717, 1.165) is 16.9 Å². The molecular weight excluding hydrogens is 390 g/mol. The number of amides is 1. The minimum absolute atomic E-state index is 0.154. The Balaban J connectivity index is 1.44. The van der Waals surface area contributed by atoms with Crippen molar-refractivity contribution in [1.29, 1.82) is 0 Å². The highest BCUT2D eigenvalue weighted by Crippen LogP contribution is 2.34. The molecule has 3 heterocycles. The van der Waals surface area contributed by atoms with Gasteiger partial charge in [-0.25, -0.2) is 18.4 Å². The van der Waals surface area contributed by atoms with Gasteiger partial charge in [-0.3, -0.25) is 13.7 Å². The zero-order valence-electron chi connectivity index (χ0n) is 16.1. The van der Waals surface area contributed by atoms with Crippen LogP contribution in [-0.2, 0) is 23.0 Å². The fourth-order valence-electron chi connectivity index (χ4n) is 3.60. The van der Waals surface area contributed by atoms with Gasteiger partial charge in [0.15, 0.2) is 0 Å². The Morgan fingerprint density at radius 3 is 2.76 bits per heavy atom. The SMILES string of the molecule is CC1Cc2cc(C(=O)NCc3ccc(-n4ccnc4)nc3)ccc2N1S(C)(=O)=O. The van der Waals surface area contributed by atoms with Gasteiger partial charge in [0.2, 0.25) is 10.0 Å². The first-order valence-corrected chi connectivity index (χ1v) is 11.0. The van der Waals surface area contributed by atoms with Crippen molar-refractivity contribution in [1.82, 2.24) is 19.9 Å². The topological polar surface area (TPSA) is 97.2 Å². The first kappa shape index (κ1) is 19.1. The van der Waals surface area contributed by atoms with Gasteiger partial charge in [0, 0.05) is 36.7 Å². The number of nitrogens with one attached hydrogen (secondary N) is 1. The van der Waals surface area contributed by atoms with Crippen LogP contribution in [0.25, 0.3) is 5.82 Å². The average molecular weight is 411 g/mol. The molecule has 1 aliphatic rings. The van der Waals surface area contributed by atoms with E-state index in [0.29, 0.717) is 24.2 Å². The third kappa shape index (κ3) is 3.86. The summed E-state index contributed by atoms with van der Waals surface area (Å²) >= 11 is 0. The largest absolute Gasteiger partial charge is 0.348 e.